The summed E-state index contributed by atoms with van der Waals surface area (Å²) < 4.78 is 7.14. The monoisotopic (exact) mass is 349 g/mol. The number of amides is 4. The van der Waals surface area contributed by atoms with Gasteiger partial charge in [-0.2, -0.15) is 0 Å². The van der Waals surface area contributed by atoms with E-state index in [-0.39, 0.29) is 18.4 Å². The van der Waals surface area contributed by atoms with Crippen LogP contribution in [-0.2, 0) is 14.3 Å². The molecule has 0 N–H and O–H groups in total. The highest BCUT2D eigenvalue weighted by Crippen LogP contribution is 2.22. The van der Waals surface area contributed by atoms with Crippen LogP contribution in [0.2, 0.25) is 0 Å². The number of ketones is 1. The Labute approximate surface area is 146 Å². The van der Waals surface area contributed by atoms with E-state index < -0.39 is 24.4 Å². The first-order valence-electron chi connectivity index (χ1n) is 8.12. The van der Waals surface area contributed by atoms with Crippen molar-refractivity contribution in [3.8, 4) is 0 Å². The van der Waals surface area contributed by atoms with Gasteiger partial charge >= 0.3 is 17.8 Å². The molecule has 0 aromatic carbocycles. The molecular formula is C17H23N3O5. The second kappa shape index (κ2) is 7.18. The number of urea groups is 1. The first-order valence-corrected chi connectivity index (χ1v) is 8.12. The molecule has 2 heterocycles. The van der Waals surface area contributed by atoms with E-state index in [1.165, 1.54) is 0 Å². The molecule has 1 aliphatic heterocycles. The normalized spacial score (nSPS) is 16.1. The van der Waals surface area contributed by atoms with Gasteiger partial charge in [0.15, 0.2) is 5.78 Å². The number of nitrogens with zero attached hydrogens (tertiary/aromatic N) is 3. The van der Waals surface area contributed by atoms with Crippen molar-refractivity contribution in [1.82, 2.24) is 14.4 Å². The minimum atomic E-state index is -0.957. The fourth-order valence-corrected chi connectivity index (χ4v) is 3.25. The Morgan fingerprint density at radius 3 is 2.28 bits per heavy atom. The van der Waals surface area contributed by atoms with Crippen LogP contribution in [-0.4, -0.2) is 64.8 Å². The Bertz CT molecular complexity index is 737. The van der Waals surface area contributed by atoms with Gasteiger partial charge in [0, 0.05) is 30.6 Å². The van der Waals surface area contributed by atoms with E-state index in [2.05, 4.69) is 0 Å². The summed E-state index contributed by atoms with van der Waals surface area (Å²) in [5.41, 5.74) is 2.06. The van der Waals surface area contributed by atoms with E-state index >= 15 is 0 Å². The van der Waals surface area contributed by atoms with Gasteiger partial charge in [-0.05, 0) is 33.8 Å². The molecule has 4 amide bonds. The van der Waals surface area contributed by atoms with Crippen molar-refractivity contribution in [3.63, 3.8) is 0 Å². The van der Waals surface area contributed by atoms with Gasteiger partial charge in [0.05, 0.1) is 19.2 Å². The van der Waals surface area contributed by atoms with Gasteiger partial charge < -0.3 is 9.30 Å². The fourth-order valence-electron chi connectivity index (χ4n) is 3.25. The SMILES string of the molecule is CCN1C(=O)C(=O)N(CC(=O)c2cc(C)n([C@@H](C)COC)c2C)C1=O. The number of imide groups is 2. The quantitative estimate of drug-likeness (QED) is 0.421. The van der Waals surface area contributed by atoms with Gasteiger partial charge in [-0.1, -0.05) is 0 Å². The lowest BCUT2D eigenvalue weighted by Gasteiger charge is -2.18. The second-order valence-electron chi connectivity index (χ2n) is 6.11. The van der Waals surface area contributed by atoms with Crippen LogP contribution in [0.25, 0.3) is 0 Å². The first kappa shape index (κ1) is 18.9. The second-order valence-corrected chi connectivity index (χ2v) is 6.11. The van der Waals surface area contributed by atoms with Crippen LogP contribution < -0.4 is 0 Å². The molecule has 1 saturated heterocycles. The summed E-state index contributed by atoms with van der Waals surface area (Å²) in [5, 5.41) is 0. The highest BCUT2D eigenvalue weighted by Gasteiger charge is 2.44. The smallest absolute Gasteiger partial charge is 0.334 e. The van der Waals surface area contributed by atoms with Crippen molar-refractivity contribution in [3.05, 3.63) is 23.0 Å². The molecule has 25 heavy (non-hydrogen) atoms. The maximum absolute atomic E-state index is 12.6. The fraction of sp³-hybridized carbons (Fsp3) is 0.529. The van der Waals surface area contributed by atoms with Gasteiger partial charge in [-0.3, -0.25) is 19.3 Å². The molecule has 1 aliphatic rings. The molecule has 8 heteroatoms. The first-order chi connectivity index (χ1) is 11.7. The summed E-state index contributed by atoms with van der Waals surface area (Å²) in [6.45, 7) is 7.41. The molecule has 0 bridgehead atoms. The van der Waals surface area contributed by atoms with Crippen LogP contribution in [0.4, 0.5) is 4.79 Å². The average molecular weight is 349 g/mol. The molecule has 0 aliphatic carbocycles. The summed E-state index contributed by atoms with van der Waals surface area (Å²) in [4.78, 5) is 50.0. The van der Waals surface area contributed by atoms with Gasteiger partial charge in [0.2, 0.25) is 0 Å². The summed E-state index contributed by atoms with van der Waals surface area (Å²) in [6.07, 6.45) is 0. The standard InChI is InChI=1S/C17H23N3O5/c1-6-18-15(22)16(23)19(17(18)24)8-14(21)13-7-10(2)20(12(13)4)11(3)9-25-5/h7,11H,6,8-9H2,1-5H3/t11-/m0/s1. The molecule has 2 rings (SSSR count). The number of Topliss-reactive ketones (excluding diaryl/α,β-unsaturated/α-hetero) is 1. The summed E-state index contributed by atoms with van der Waals surface area (Å²) in [7, 11) is 1.61. The Morgan fingerprint density at radius 2 is 1.76 bits per heavy atom. The predicted octanol–water partition coefficient (Wildman–Crippen LogP) is 1.31. The van der Waals surface area contributed by atoms with Crippen molar-refractivity contribution >= 4 is 23.6 Å². The average Bonchev–Trinajstić information content (AvgIpc) is 2.96. The molecule has 0 radical (unpaired) electrons. The number of carbonyl (C=O) groups excluding carboxylic acids is 4. The van der Waals surface area contributed by atoms with Crippen LogP contribution >= 0.6 is 0 Å². The summed E-state index contributed by atoms with van der Waals surface area (Å²) in [5.74, 6) is -2.22. The van der Waals surface area contributed by atoms with Crippen molar-refractivity contribution in [2.24, 2.45) is 0 Å². The van der Waals surface area contributed by atoms with Crippen LogP contribution in [0, 0.1) is 13.8 Å². The Hall–Kier alpha value is -2.48. The Kier molecular flexibility index (Phi) is 5.42. The number of ether oxygens (including phenoxy) is 1. The minimum Gasteiger partial charge on any atom is -0.383 e. The van der Waals surface area contributed by atoms with Crippen molar-refractivity contribution < 1.29 is 23.9 Å². The van der Waals surface area contributed by atoms with E-state index in [1.807, 2.05) is 25.3 Å². The zero-order valence-electron chi connectivity index (χ0n) is 15.2. The lowest BCUT2D eigenvalue weighted by atomic mass is 10.1. The molecule has 0 saturated carbocycles. The van der Waals surface area contributed by atoms with E-state index in [9.17, 15) is 19.2 Å². The van der Waals surface area contributed by atoms with E-state index in [1.54, 1.807) is 20.1 Å². The largest absolute Gasteiger partial charge is 0.383 e. The van der Waals surface area contributed by atoms with Gasteiger partial charge in [0.25, 0.3) is 0 Å². The third kappa shape index (κ3) is 3.21. The third-order valence-electron chi connectivity index (χ3n) is 4.39. The number of hydrogen-bond acceptors (Lipinski definition) is 5. The molecular weight excluding hydrogens is 326 g/mol. The minimum absolute atomic E-state index is 0.0405. The summed E-state index contributed by atoms with van der Waals surface area (Å²) in [6, 6.07) is 1.03. The van der Waals surface area contributed by atoms with Gasteiger partial charge in [0.1, 0.15) is 0 Å². The lowest BCUT2D eigenvalue weighted by molar-refractivity contribution is -0.143. The maximum atomic E-state index is 12.6. The molecule has 0 spiro atoms. The number of carbonyl (C=O) groups is 4. The van der Waals surface area contributed by atoms with Gasteiger partial charge in [-0.25, -0.2) is 9.69 Å². The number of aromatic nitrogens is 1. The molecule has 8 nitrogen and oxygen atoms in total. The lowest BCUT2D eigenvalue weighted by Crippen LogP contribution is -2.37. The number of methoxy groups -OCH3 is 1. The van der Waals surface area contributed by atoms with Gasteiger partial charge in [-0.15, -0.1) is 0 Å². The van der Waals surface area contributed by atoms with E-state index in [0.717, 1.165) is 16.3 Å². The molecule has 1 atom stereocenters. The third-order valence-corrected chi connectivity index (χ3v) is 4.39. The number of rotatable bonds is 7. The molecule has 136 valence electrons. The van der Waals surface area contributed by atoms with Crippen molar-refractivity contribution in [1.29, 1.82) is 0 Å². The molecule has 0 unspecified atom stereocenters. The highest BCUT2D eigenvalue weighted by molar-refractivity contribution is 6.45. The number of aryl methyl sites for hydroxylation is 1. The Morgan fingerprint density at radius 1 is 1.16 bits per heavy atom. The van der Waals surface area contributed by atoms with Crippen molar-refractivity contribution in [2.75, 3.05) is 26.8 Å². The zero-order chi connectivity index (χ0) is 18.9. The topological polar surface area (TPSA) is 88.9 Å². The molecule has 1 aromatic rings. The molecule has 1 aromatic heterocycles. The van der Waals surface area contributed by atoms with Crippen LogP contribution in [0.1, 0.15) is 41.6 Å². The summed E-state index contributed by atoms with van der Waals surface area (Å²) >= 11 is 0. The number of likely N-dealkylation sites (N-methyl/N-ethyl adjacent to an activating group) is 1. The maximum Gasteiger partial charge on any atom is 0.334 e. The van der Waals surface area contributed by atoms with E-state index in [4.69, 9.17) is 4.74 Å². The highest BCUT2D eigenvalue weighted by atomic mass is 16.5. The van der Waals surface area contributed by atoms with E-state index in [0.29, 0.717) is 17.1 Å². The predicted molar refractivity (Wildman–Crippen MR) is 89.3 cm³/mol. The Balaban J connectivity index is 2.25. The van der Waals surface area contributed by atoms with Crippen LogP contribution in [0.3, 0.4) is 0 Å². The zero-order valence-corrected chi connectivity index (χ0v) is 15.2. The molecule has 1 fully saturated rings. The van der Waals surface area contributed by atoms with Crippen LogP contribution in [0.15, 0.2) is 6.07 Å². The number of hydrogen-bond donors (Lipinski definition) is 0. The van der Waals surface area contributed by atoms with Crippen molar-refractivity contribution in [2.45, 2.75) is 33.7 Å². The van der Waals surface area contributed by atoms with Crippen LogP contribution in [0.5, 0.6) is 0 Å².